The SMILES string of the molecule is CC(C)c1n[nH]c(=S)n1CCNC(=O)C1CCOc2ccccc21. The van der Waals surface area contributed by atoms with Crippen LogP contribution in [-0.2, 0) is 11.3 Å². The van der Waals surface area contributed by atoms with Crippen LogP contribution in [-0.4, -0.2) is 33.8 Å². The Hall–Kier alpha value is -2.15. The van der Waals surface area contributed by atoms with Gasteiger partial charge in [-0.15, -0.1) is 0 Å². The van der Waals surface area contributed by atoms with Gasteiger partial charge in [-0.05, 0) is 24.7 Å². The molecule has 1 aliphatic rings. The molecule has 0 radical (unpaired) electrons. The Kier molecular flexibility index (Phi) is 4.99. The molecule has 0 aliphatic carbocycles. The summed E-state index contributed by atoms with van der Waals surface area (Å²) in [7, 11) is 0. The van der Waals surface area contributed by atoms with Gasteiger partial charge in [0, 0.05) is 24.6 Å². The van der Waals surface area contributed by atoms with Crippen LogP contribution in [0, 0.1) is 4.77 Å². The normalized spacial score (nSPS) is 16.5. The number of carbonyl (C=O) groups excluding carboxylic acids is 1. The second-order valence-electron chi connectivity index (χ2n) is 6.21. The first-order chi connectivity index (χ1) is 11.6. The smallest absolute Gasteiger partial charge is 0.227 e. The summed E-state index contributed by atoms with van der Waals surface area (Å²) in [5, 5.41) is 10.1. The minimum atomic E-state index is -0.156. The molecule has 6 nitrogen and oxygen atoms in total. The van der Waals surface area contributed by atoms with Crippen LogP contribution >= 0.6 is 12.2 Å². The molecule has 0 fully saturated rings. The maximum atomic E-state index is 12.6. The van der Waals surface area contributed by atoms with E-state index in [1.807, 2.05) is 28.8 Å². The Labute approximate surface area is 146 Å². The molecule has 3 rings (SSSR count). The highest BCUT2D eigenvalue weighted by Crippen LogP contribution is 2.33. The van der Waals surface area contributed by atoms with Crippen LogP contribution in [0.3, 0.4) is 0 Å². The average molecular weight is 346 g/mol. The summed E-state index contributed by atoms with van der Waals surface area (Å²) in [5.41, 5.74) is 0.962. The number of nitrogens with one attached hydrogen (secondary N) is 2. The molecule has 1 unspecified atom stereocenters. The van der Waals surface area contributed by atoms with Gasteiger partial charge in [-0.25, -0.2) is 0 Å². The molecule has 0 saturated carbocycles. The standard InChI is InChI=1S/C17H22N4O2S/c1-11(2)15-19-20-17(24)21(15)9-8-18-16(22)13-7-10-23-14-6-4-3-5-12(13)14/h3-6,11,13H,7-10H2,1-2H3,(H,18,22)(H,20,24). The number of hydrogen-bond donors (Lipinski definition) is 2. The zero-order valence-electron chi connectivity index (χ0n) is 13.9. The molecule has 7 heteroatoms. The summed E-state index contributed by atoms with van der Waals surface area (Å²) in [6.45, 7) is 5.84. The van der Waals surface area contributed by atoms with E-state index in [9.17, 15) is 4.79 Å². The molecule has 0 saturated heterocycles. The van der Waals surface area contributed by atoms with Crippen molar-refractivity contribution < 1.29 is 9.53 Å². The van der Waals surface area contributed by atoms with Crippen molar-refractivity contribution in [3.8, 4) is 5.75 Å². The first-order valence-electron chi connectivity index (χ1n) is 8.22. The van der Waals surface area contributed by atoms with Gasteiger partial charge in [-0.2, -0.15) is 5.10 Å². The number of hydrogen-bond acceptors (Lipinski definition) is 4. The molecule has 0 bridgehead atoms. The van der Waals surface area contributed by atoms with Crippen LogP contribution in [0.15, 0.2) is 24.3 Å². The molecule has 1 amide bonds. The zero-order chi connectivity index (χ0) is 17.1. The van der Waals surface area contributed by atoms with Crippen LogP contribution in [0.4, 0.5) is 0 Å². The highest BCUT2D eigenvalue weighted by molar-refractivity contribution is 7.71. The van der Waals surface area contributed by atoms with E-state index in [1.165, 1.54) is 0 Å². The predicted molar refractivity (Wildman–Crippen MR) is 93.8 cm³/mol. The number of aromatic amines is 1. The second kappa shape index (κ2) is 7.17. The number of fused-ring (bicyclic) bond motifs is 1. The van der Waals surface area contributed by atoms with E-state index in [0.29, 0.717) is 30.9 Å². The molecule has 1 aromatic heterocycles. The van der Waals surface area contributed by atoms with Crippen molar-refractivity contribution in [2.75, 3.05) is 13.2 Å². The molecule has 2 aromatic rings. The van der Waals surface area contributed by atoms with Gasteiger partial charge in [-0.1, -0.05) is 32.0 Å². The Morgan fingerprint density at radius 2 is 2.29 bits per heavy atom. The summed E-state index contributed by atoms with van der Waals surface area (Å²) in [5.74, 6) is 1.87. The lowest BCUT2D eigenvalue weighted by molar-refractivity contribution is -0.123. The van der Waals surface area contributed by atoms with Crippen molar-refractivity contribution in [1.29, 1.82) is 0 Å². The molecular weight excluding hydrogens is 324 g/mol. The van der Waals surface area contributed by atoms with E-state index < -0.39 is 0 Å². The van der Waals surface area contributed by atoms with Crippen molar-refractivity contribution in [3.63, 3.8) is 0 Å². The molecule has 1 aromatic carbocycles. The molecule has 128 valence electrons. The topological polar surface area (TPSA) is 71.9 Å². The van der Waals surface area contributed by atoms with E-state index in [1.54, 1.807) is 0 Å². The van der Waals surface area contributed by atoms with Gasteiger partial charge in [0.2, 0.25) is 5.91 Å². The molecule has 24 heavy (non-hydrogen) atoms. The first kappa shape index (κ1) is 16.7. The minimum absolute atomic E-state index is 0.0341. The van der Waals surface area contributed by atoms with Gasteiger partial charge in [0.25, 0.3) is 0 Å². The van der Waals surface area contributed by atoms with Crippen molar-refractivity contribution >= 4 is 18.1 Å². The van der Waals surface area contributed by atoms with Crippen molar-refractivity contribution in [2.45, 2.75) is 38.6 Å². The minimum Gasteiger partial charge on any atom is -0.493 e. The number of amides is 1. The molecule has 1 aliphatic heterocycles. The van der Waals surface area contributed by atoms with Crippen molar-refractivity contribution in [3.05, 3.63) is 40.4 Å². The summed E-state index contributed by atoms with van der Waals surface area (Å²) in [4.78, 5) is 12.6. The number of H-pyrrole nitrogens is 1. The van der Waals surface area contributed by atoms with Crippen LogP contribution < -0.4 is 10.1 Å². The lowest BCUT2D eigenvalue weighted by Crippen LogP contribution is -2.34. The lowest BCUT2D eigenvalue weighted by Gasteiger charge is -2.25. The van der Waals surface area contributed by atoms with Gasteiger partial charge in [0.05, 0.1) is 12.5 Å². The third kappa shape index (κ3) is 3.36. The number of aromatic nitrogens is 3. The fourth-order valence-electron chi connectivity index (χ4n) is 3.02. The quantitative estimate of drug-likeness (QED) is 0.817. The van der Waals surface area contributed by atoms with Crippen LogP contribution in [0.2, 0.25) is 0 Å². The summed E-state index contributed by atoms with van der Waals surface area (Å²) < 4.78 is 8.14. The molecule has 2 heterocycles. The number of nitrogens with zero attached hydrogens (tertiary/aromatic N) is 2. The van der Waals surface area contributed by atoms with Gasteiger partial charge < -0.3 is 14.6 Å². The Morgan fingerprint density at radius 3 is 3.08 bits per heavy atom. The molecule has 2 N–H and O–H groups in total. The van der Waals surface area contributed by atoms with Gasteiger partial charge in [0.15, 0.2) is 4.77 Å². The molecular formula is C17H22N4O2S. The van der Waals surface area contributed by atoms with Crippen LogP contribution in [0.25, 0.3) is 0 Å². The highest BCUT2D eigenvalue weighted by Gasteiger charge is 2.27. The Balaban J connectivity index is 1.63. The Morgan fingerprint density at radius 1 is 1.50 bits per heavy atom. The van der Waals surface area contributed by atoms with Crippen LogP contribution in [0.5, 0.6) is 5.75 Å². The maximum Gasteiger partial charge on any atom is 0.227 e. The van der Waals surface area contributed by atoms with Gasteiger partial charge in [-0.3, -0.25) is 9.89 Å². The number of rotatable bonds is 5. The maximum absolute atomic E-state index is 12.6. The summed E-state index contributed by atoms with van der Waals surface area (Å²) >= 11 is 5.26. The first-order valence-corrected chi connectivity index (χ1v) is 8.63. The molecule has 0 spiro atoms. The molecule has 1 atom stereocenters. The van der Waals surface area contributed by atoms with E-state index in [-0.39, 0.29) is 17.7 Å². The number of benzene rings is 1. The predicted octanol–water partition coefficient (Wildman–Crippen LogP) is 2.75. The third-order valence-corrected chi connectivity index (χ3v) is 4.53. The fourth-order valence-corrected chi connectivity index (χ4v) is 3.25. The lowest BCUT2D eigenvalue weighted by atomic mass is 9.92. The summed E-state index contributed by atoms with van der Waals surface area (Å²) in [6.07, 6.45) is 0.700. The largest absolute Gasteiger partial charge is 0.493 e. The number of para-hydroxylation sites is 1. The Bertz CT molecular complexity index is 781. The zero-order valence-corrected chi connectivity index (χ0v) is 14.7. The van der Waals surface area contributed by atoms with E-state index in [0.717, 1.165) is 17.1 Å². The van der Waals surface area contributed by atoms with Gasteiger partial charge in [0.1, 0.15) is 11.6 Å². The fraction of sp³-hybridized carbons (Fsp3) is 0.471. The second-order valence-corrected chi connectivity index (χ2v) is 6.60. The number of ether oxygens (including phenoxy) is 1. The van der Waals surface area contributed by atoms with Gasteiger partial charge >= 0.3 is 0 Å². The third-order valence-electron chi connectivity index (χ3n) is 4.21. The average Bonchev–Trinajstić information content (AvgIpc) is 2.95. The monoisotopic (exact) mass is 346 g/mol. The van der Waals surface area contributed by atoms with Crippen molar-refractivity contribution in [2.24, 2.45) is 0 Å². The number of carbonyl (C=O) groups is 1. The summed E-state index contributed by atoms with van der Waals surface area (Å²) in [6, 6.07) is 7.73. The van der Waals surface area contributed by atoms with E-state index in [2.05, 4.69) is 29.4 Å². The van der Waals surface area contributed by atoms with E-state index in [4.69, 9.17) is 17.0 Å². The highest BCUT2D eigenvalue weighted by atomic mass is 32.1. The van der Waals surface area contributed by atoms with Crippen LogP contribution in [0.1, 0.15) is 43.5 Å². The van der Waals surface area contributed by atoms with E-state index >= 15 is 0 Å². The van der Waals surface area contributed by atoms with Crippen molar-refractivity contribution in [1.82, 2.24) is 20.1 Å².